The van der Waals surface area contributed by atoms with Gasteiger partial charge in [0.25, 0.3) is 5.56 Å². The standard InChI is InChI=1S/C14H12ClN3O3/c1-21-11-4-2-9(3-5-11)17-7-12(15)18-10(8-19)6-16-13(18)14(17)20/h2-7,19H,8H2,1H3. The Balaban J connectivity index is 2.23. The zero-order valence-corrected chi connectivity index (χ0v) is 11.9. The predicted molar refractivity (Wildman–Crippen MR) is 78.3 cm³/mol. The van der Waals surface area contributed by atoms with Crippen LogP contribution < -0.4 is 10.3 Å². The van der Waals surface area contributed by atoms with Gasteiger partial charge in [0.05, 0.1) is 25.6 Å². The van der Waals surface area contributed by atoms with Gasteiger partial charge in [0.2, 0.25) is 5.65 Å². The molecule has 0 unspecified atom stereocenters. The van der Waals surface area contributed by atoms with E-state index in [1.54, 1.807) is 31.4 Å². The smallest absolute Gasteiger partial charge is 0.298 e. The van der Waals surface area contributed by atoms with Gasteiger partial charge in [-0.15, -0.1) is 0 Å². The van der Waals surface area contributed by atoms with Crippen LogP contribution in [0.5, 0.6) is 5.75 Å². The number of benzene rings is 1. The Labute approximate surface area is 124 Å². The van der Waals surface area contributed by atoms with Crippen molar-refractivity contribution in [3.63, 3.8) is 0 Å². The molecule has 1 N–H and O–H groups in total. The normalized spacial score (nSPS) is 11.0. The lowest BCUT2D eigenvalue weighted by Gasteiger charge is -2.09. The number of imidazole rings is 1. The quantitative estimate of drug-likeness (QED) is 0.798. The van der Waals surface area contributed by atoms with Crippen molar-refractivity contribution >= 4 is 17.2 Å². The molecule has 0 saturated heterocycles. The number of halogens is 1. The molecule has 7 heteroatoms. The van der Waals surface area contributed by atoms with Crippen molar-refractivity contribution in [2.45, 2.75) is 6.61 Å². The number of methoxy groups -OCH3 is 1. The molecule has 0 radical (unpaired) electrons. The highest BCUT2D eigenvalue weighted by atomic mass is 35.5. The summed E-state index contributed by atoms with van der Waals surface area (Å²) in [6.45, 7) is -0.243. The number of hydrogen-bond acceptors (Lipinski definition) is 4. The lowest BCUT2D eigenvalue weighted by molar-refractivity contribution is 0.276. The number of aliphatic hydroxyl groups is 1. The number of fused-ring (bicyclic) bond motifs is 1. The van der Waals surface area contributed by atoms with Crippen molar-refractivity contribution in [3.05, 3.63) is 57.9 Å². The molecule has 3 aromatic rings. The summed E-state index contributed by atoms with van der Waals surface area (Å²) in [7, 11) is 1.57. The van der Waals surface area contributed by atoms with Crippen molar-refractivity contribution < 1.29 is 9.84 Å². The average molecular weight is 306 g/mol. The van der Waals surface area contributed by atoms with Crippen LogP contribution >= 0.6 is 11.6 Å². The van der Waals surface area contributed by atoms with Crippen LogP contribution in [0.1, 0.15) is 5.69 Å². The summed E-state index contributed by atoms with van der Waals surface area (Å²) in [6, 6.07) is 7.01. The molecule has 0 aliphatic rings. The van der Waals surface area contributed by atoms with Gasteiger partial charge in [-0.05, 0) is 24.3 Å². The summed E-state index contributed by atoms with van der Waals surface area (Å²) in [5.41, 5.74) is 0.972. The highest BCUT2D eigenvalue weighted by molar-refractivity contribution is 6.29. The van der Waals surface area contributed by atoms with E-state index in [9.17, 15) is 9.90 Å². The van der Waals surface area contributed by atoms with E-state index in [0.717, 1.165) is 0 Å². The third-order valence-electron chi connectivity index (χ3n) is 3.21. The van der Waals surface area contributed by atoms with E-state index in [4.69, 9.17) is 16.3 Å². The molecule has 108 valence electrons. The Bertz CT molecular complexity index is 852. The lowest BCUT2D eigenvalue weighted by Crippen LogP contribution is -2.21. The molecular weight excluding hydrogens is 294 g/mol. The van der Waals surface area contributed by atoms with E-state index in [0.29, 0.717) is 22.3 Å². The Morgan fingerprint density at radius 3 is 2.67 bits per heavy atom. The van der Waals surface area contributed by atoms with Gasteiger partial charge in [0.15, 0.2) is 0 Å². The second-order valence-electron chi connectivity index (χ2n) is 4.39. The first kappa shape index (κ1) is 13.7. The summed E-state index contributed by atoms with van der Waals surface area (Å²) in [5.74, 6) is 0.697. The SMILES string of the molecule is COc1ccc(-n2cc(Cl)n3c(CO)cnc3c2=O)cc1. The number of aromatic nitrogens is 3. The van der Waals surface area contributed by atoms with E-state index in [1.165, 1.54) is 21.4 Å². The highest BCUT2D eigenvalue weighted by Crippen LogP contribution is 2.17. The molecule has 1 aromatic carbocycles. The molecule has 0 bridgehead atoms. The molecule has 0 fully saturated rings. The molecule has 0 atom stereocenters. The maximum atomic E-state index is 12.5. The van der Waals surface area contributed by atoms with E-state index in [-0.39, 0.29) is 17.8 Å². The summed E-state index contributed by atoms with van der Waals surface area (Å²) < 4.78 is 7.93. The number of ether oxygens (including phenoxy) is 1. The van der Waals surface area contributed by atoms with Crippen LogP contribution in [-0.4, -0.2) is 26.2 Å². The first-order valence-corrected chi connectivity index (χ1v) is 6.56. The molecule has 2 aromatic heterocycles. The van der Waals surface area contributed by atoms with E-state index in [1.807, 2.05) is 0 Å². The van der Waals surface area contributed by atoms with Gasteiger partial charge in [-0.2, -0.15) is 0 Å². The zero-order chi connectivity index (χ0) is 15.0. The largest absolute Gasteiger partial charge is 0.497 e. The predicted octanol–water partition coefficient (Wildman–Crippen LogP) is 1.64. The molecule has 0 amide bonds. The van der Waals surface area contributed by atoms with Crippen LogP contribution in [-0.2, 0) is 6.61 Å². The van der Waals surface area contributed by atoms with Gasteiger partial charge in [0.1, 0.15) is 10.9 Å². The highest BCUT2D eigenvalue weighted by Gasteiger charge is 2.13. The van der Waals surface area contributed by atoms with Crippen molar-refractivity contribution in [2.24, 2.45) is 0 Å². The topological polar surface area (TPSA) is 68.8 Å². The van der Waals surface area contributed by atoms with Crippen molar-refractivity contribution in [1.82, 2.24) is 14.0 Å². The summed E-state index contributed by atoms with van der Waals surface area (Å²) in [4.78, 5) is 16.5. The molecule has 21 heavy (non-hydrogen) atoms. The van der Waals surface area contributed by atoms with Crippen LogP contribution in [0.3, 0.4) is 0 Å². The van der Waals surface area contributed by atoms with Crippen LogP contribution in [0.2, 0.25) is 5.15 Å². The minimum absolute atomic E-state index is 0.169. The van der Waals surface area contributed by atoms with Gasteiger partial charge >= 0.3 is 0 Å². The second-order valence-corrected chi connectivity index (χ2v) is 4.78. The number of hydrogen-bond donors (Lipinski definition) is 1. The molecule has 6 nitrogen and oxygen atoms in total. The van der Waals surface area contributed by atoms with Crippen molar-refractivity contribution in [3.8, 4) is 11.4 Å². The Kier molecular flexibility index (Phi) is 3.40. The molecule has 0 saturated carbocycles. The monoisotopic (exact) mass is 305 g/mol. The van der Waals surface area contributed by atoms with Crippen molar-refractivity contribution in [2.75, 3.05) is 7.11 Å². The molecule has 0 aliphatic heterocycles. The fourth-order valence-corrected chi connectivity index (χ4v) is 2.44. The Morgan fingerprint density at radius 1 is 1.33 bits per heavy atom. The molecule has 3 rings (SSSR count). The second kappa shape index (κ2) is 5.23. The average Bonchev–Trinajstić information content (AvgIpc) is 2.96. The number of aliphatic hydroxyl groups excluding tert-OH is 1. The third-order valence-corrected chi connectivity index (χ3v) is 3.47. The minimum atomic E-state index is -0.315. The van der Waals surface area contributed by atoms with Gasteiger partial charge in [0, 0.05) is 11.9 Å². The zero-order valence-electron chi connectivity index (χ0n) is 11.2. The molecule has 0 aliphatic carbocycles. The lowest BCUT2D eigenvalue weighted by atomic mass is 10.3. The van der Waals surface area contributed by atoms with Gasteiger partial charge in [-0.1, -0.05) is 11.6 Å². The Morgan fingerprint density at radius 2 is 2.05 bits per heavy atom. The fourth-order valence-electron chi connectivity index (χ4n) is 2.15. The van der Waals surface area contributed by atoms with Crippen LogP contribution in [0.4, 0.5) is 0 Å². The van der Waals surface area contributed by atoms with Gasteiger partial charge in [-0.25, -0.2) is 4.98 Å². The van der Waals surface area contributed by atoms with Crippen LogP contribution in [0.15, 0.2) is 41.5 Å². The van der Waals surface area contributed by atoms with Crippen LogP contribution in [0.25, 0.3) is 11.3 Å². The number of rotatable bonds is 3. The third kappa shape index (κ3) is 2.18. The fraction of sp³-hybridized carbons (Fsp3) is 0.143. The Hall–Kier alpha value is -2.31. The maximum absolute atomic E-state index is 12.5. The maximum Gasteiger partial charge on any atom is 0.298 e. The van der Waals surface area contributed by atoms with E-state index < -0.39 is 0 Å². The van der Waals surface area contributed by atoms with Gasteiger partial charge < -0.3 is 9.84 Å². The molecule has 2 heterocycles. The first-order valence-electron chi connectivity index (χ1n) is 6.18. The number of nitrogens with zero attached hydrogens (tertiary/aromatic N) is 3. The molecular formula is C14H12ClN3O3. The first-order chi connectivity index (χ1) is 10.2. The summed E-state index contributed by atoms with van der Waals surface area (Å²) in [6.07, 6.45) is 2.93. The minimum Gasteiger partial charge on any atom is -0.497 e. The van der Waals surface area contributed by atoms with E-state index >= 15 is 0 Å². The van der Waals surface area contributed by atoms with Gasteiger partial charge in [-0.3, -0.25) is 13.8 Å². The molecule has 0 spiro atoms. The summed E-state index contributed by atoms with van der Waals surface area (Å²) in [5, 5.41) is 9.54. The summed E-state index contributed by atoms with van der Waals surface area (Å²) >= 11 is 6.20. The van der Waals surface area contributed by atoms with Crippen LogP contribution in [0, 0.1) is 0 Å². The van der Waals surface area contributed by atoms with Crippen molar-refractivity contribution in [1.29, 1.82) is 0 Å². The van der Waals surface area contributed by atoms with E-state index in [2.05, 4.69) is 4.98 Å².